The van der Waals surface area contributed by atoms with E-state index in [1.165, 1.54) is 18.2 Å². The van der Waals surface area contributed by atoms with Crippen LogP contribution in [0.5, 0.6) is 11.5 Å². The Hall–Kier alpha value is -4.66. The van der Waals surface area contributed by atoms with E-state index in [2.05, 4.69) is 4.98 Å². The zero-order valence-electron chi connectivity index (χ0n) is 22.9. The van der Waals surface area contributed by atoms with E-state index in [0.29, 0.717) is 37.5 Å². The Morgan fingerprint density at radius 3 is 2.57 bits per heavy atom. The van der Waals surface area contributed by atoms with E-state index in [0.717, 1.165) is 34.0 Å². The fourth-order valence-corrected chi connectivity index (χ4v) is 5.62. The number of aromatic amines is 1. The second kappa shape index (κ2) is 11.3. The number of methoxy groups -OCH3 is 1. The zero-order valence-corrected chi connectivity index (χ0v) is 22.9. The van der Waals surface area contributed by atoms with Crippen molar-refractivity contribution in [1.82, 2.24) is 9.88 Å². The molecule has 6 rings (SSSR count). The fraction of sp³-hybridized carbons (Fsp3) is 0.242. The third kappa shape index (κ3) is 5.34. The third-order valence-electron chi connectivity index (χ3n) is 7.60. The van der Waals surface area contributed by atoms with Gasteiger partial charge in [0.25, 0.3) is 0 Å². The molecule has 1 unspecified atom stereocenters. The molecule has 3 aromatic carbocycles. The number of nitrogens with one attached hydrogen (secondary N) is 1. The number of halogens is 3. The number of H-pyrrole nitrogens is 1. The summed E-state index contributed by atoms with van der Waals surface area (Å²) in [6.45, 7) is 0.806. The summed E-state index contributed by atoms with van der Waals surface area (Å²) in [5, 5.41) is 0.979. The largest absolute Gasteiger partial charge is 0.497 e. The molecule has 1 aliphatic rings. The Morgan fingerprint density at radius 1 is 1.00 bits per heavy atom. The number of carbonyl (C=O) groups is 1. The van der Waals surface area contributed by atoms with Crippen LogP contribution < -0.4 is 9.47 Å². The molecule has 1 N–H and O–H groups in total. The highest BCUT2D eigenvalue weighted by molar-refractivity contribution is 5.88. The number of hydrogen-bond acceptors (Lipinski definition) is 4. The van der Waals surface area contributed by atoms with Crippen LogP contribution in [-0.2, 0) is 17.4 Å². The highest BCUT2D eigenvalue weighted by Gasteiger charge is 2.38. The van der Waals surface area contributed by atoms with Gasteiger partial charge in [-0.2, -0.15) is 13.2 Å². The van der Waals surface area contributed by atoms with E-state index in [4.69, 9.17) is 13.9 Å². The van der Waals surface area contributed by atoms with Crippen LogP contribution in [0.25, 0.3) is 22.2 Å². The molecule has 42 heavy (non-hydrogen) atoms. The Morgan fingerprint density at radius 2 is 1.79 bits per heavy atom. The number of ether oxygens (including phenoxy) is 2. The molecule has 0 spiro atoms. The van der Waals surface area contributed by atoms with Gasteiger partial charge in [0, 0.05) is 29.4 Å². The second-order valence-corrected chi connectivity index (χ2v) is 10.2. The average Bonchev–Trinajstić information content (AvgIpc) is 3.63. The molecule has 2 aromatic heterocycles. The van der Waals surface area contributed by atoms with Gasteiger partial charge in [0.05, 0.1) is 25.0 Å². The zero-order chi connectivity index (χ0) is 29.3. The van der Waals surface area contributed by atoms with Gasteiger partial charge in [-0.25, -0.2) is 0 Å². The predicted molar refractivity (Wildman–Crippen MR) is 152 cm³/mol. The highest BCUT2D eigenvalue weighted by atomic mass is 19.4. The Balaban J connectivity index is 1.33. The van der Waals surface area contributed by atoms with Crippen molar-refractivity contribution in [1.29, 1.82) is 0 Å². The summed E-state index contributed by atoms with van der Waals surface area (Å²) in [4.78, 5) is 18.8. The lowest BCUT2D eigenvalue weighted by atomic mass is 9.95. The fourth-order valence-electron chi connectivity index (χ4n) is 5.62. The van der Waals surface area contributed by atoms with Gasteiger partial charge in [0.1, 0.15) is 29.1 Å². The molecule has 0 radical (unpaired) electrons. The number of fused-ring (bicyclic) bond motifs is 3. The first-order chi connectivity index (χ1) is 20.3. The van der Waals surface area contributed by atoms with E-state index in [1.807, 2.05) is 48.5 Å². The lowest BCUT2D eigenvalue weighted by molar-refractivity contribution is -0.137. The number of rotatable bonds is 8. The molecule has 9 heteroatoms. The first-order valence-electron chi connectivity index (χ1n) is 13.8. The first-order valence-corrected chi connectivity index (χ1v) is 13.8. The topological polar surface area (TPSA) is 67.7 Å². The molecule has 0 saturated heterocycles. The van der Waals surface area contributed by atoms with E-state index < -0.39 is 17.8 Å². The van der Waals surface area contributed by atoms with Crippen LogP contribution in [0.3, 0.4) is 0 Å². The Kier molecular flexibility index (Phi) is 7.41. The number of para-hydroxylation sites is 1. The maximum Gasteiger partial charge on any atom is 0.417 e. The summed E-state index contributed by atoms with van der Waals surface area (Å²) in [6.07, 6.45) is -3.18. The quantitative estimate of drug-likeness (QED) is 0.192. The van der Waals surface area contributed by atoms with E-state index in [1.54, 1.807) is 24.1 Å². The van der Waals surface area contributed by atoms with Crippen molar-refractivity contribution in [3.05, 3.63) is 108 Å². The molecular formula is C33H29F3N2O4. The number of nitrogens with zero attached hydrogens (tertiary/aromatic N) is 1. The van der Waals surface area contributed by atoms with Gasteiger partial charge >= 0.3 is 6.18 Å². The molecule has 0 fully saturated rings. The van der Waals surface area contributed by atoms with Crippen LogP contribution in [0.1, 0.15) is 41.5 Å². The minimum Gasteiger partial charge on any atom is -0.497 e. The maximum absolute atomic E-state index is 13.8. The smallest absolute Gasteiger partial charge is 0.417 e. The summed E-state index contributed by atoms with van der Waals surface area (Å²) >= 11 is 0. The van der Waals surface area contributed by atoms with Crippen molar-refractivity contribution in [3.63, 3.8) is 0 Å². The summed E-state index contributed by atoms with van der Waals surface area (Å²) < 4.78 is 58.7. The number of aromatic nitrogens is 1. The van der Waals surface area contributed by atoms with Crippen LogP contribution >= 0.6 is 0 Å². The molecule has 6 nitrogen and oxygen atoms in total. The molecule has 0 aliphatic carbocycles. The molecular weight excluding hydrogens is 545 g/mol. The van der Waals surface area contributed by atoms with Crippen LogP contribution in [0.2, 0.25) is 0 Å². The SMILES string of the molecule is COc1ccc2[nH]c3c(c2c1)CCN(C(=O)CCCOc1ccccc1)C3c1ccc(-c2ccccc2C(F)(F)F)o1. The van der Waals surface area contributed by atoms with Crippen molar-refractivity contribution in [2.24, 2.45) is 0 Å². The number of hydrogen-bond donors (Lipinski definition) is 1. The van der Waals surface area contributed by atoms with Crippen molar-refractivity contribution >= 4 is 16.8 Å². The number of carbonyl (C=O) groups excluding carboxylic acids is 1. The Bertz CT molecular complexity index is 1710. The van der Waals surface area contributed by atoms with Crippen LogP contribution in [-0.4, -0.2) is 36.1 Å². The molecule has 1 atom stereocenters. The highest BCUT2D eigenvalue weighted by Crippen LogP contribution is 2.43. The van der Waals surface area contributed by atoms with Gasteiger partial charge in [-0.05, 0) is 66.9 Å². The maximum atomic E-state index is 13.8. The summed E-state index contributed by atoms with van der Waals surface area (Å²) in [5.41, 5.74) is 1.86. The average molecular weight is 575 g/mol. The van der Waals surface area contributed by atoms with Gasteiger partial charge < -0.3 is 23.8 Å². The number of alkyl halides is 3. The molecule has 1 aliphatic heterocycles. The number of benzene rings is 3. The van der Waals surface area contributed by atoms with Crippen molar-refractivity contribution < 1.29 is 31.9 Å². The van der Waals surface area contributed by atoms with Crippen molar-refractivity contribution in [2.45, 2.75) is 31.5 Å². The predicted octanol–water partition coefficient (Wildman–Crippen LogP) is 7.79. The van der Waals surface area contributed by atoms with Crippen LogP contribution in [0.15, 0.2) is 89.3 Å². The van der Waals surface area contributed by atoms with Crippen molar-refractivity contribution in [3.8, 4) is 22.8 Å². The lowest BCUT2D eigenvalue weighted by Gasteiger charge is -2.35. The monoisotopic (exact) mass is 574 g/mol. The third-order valence-corrected chi connectivity index (χ3v) is 7.60. The summed E-state index contributed by atoms with van der Waals surface area (Å²) in [7, 11) is 1.61. The minimum absolute atomic E-state index is 0.0513. The normalized spacial score (nSPS) is 15.0. The molecule has 5 aromatic rings. The Labute approximate surface area is 240 Å². The van der Waals surface area contributed by atoms with Crippen LogP contribution in [0.4, 0.5) is 13.2 Å². The van der Waals surface area contributed by atoms with Crippen LogP contribution in [0, 0.1) is 0 Å². The first kappa shape index (κ1) is 27.5. The molecule has 0 bridgehead atoms. The summed E-state index contributed by atoms with van der Waals surface area (Å²) in [5.74, 6) is 1.83. The standard InChI is InChI=1S/C33H29F3N2O4/c1-40-22-13-14-27-25(20-22)23-17-18-38(30(39)12-7-19-41-21-8-3-2-4-9-21)32(31(23)37-27)29-16-15-28(42-29)24-10-5-6-11-26(24)33(34,35)36/h2-6,8-11,13-16,20,32,37H,7,12,17-19H2,1H3. The molecule has 216 valence electrons. The lowest BCUT2D eigenvalue weighted by Crippen LogP contribution is -2.40. The van der Waals surface area contributed by atoms with E-state index >= 15 is 0 Å². The summed E-state index contributed by atoms with van der Waals surface area (Å²) in [6, 6.07) is 23.0. The second-order valence-electron chi connectivity index (χ2n) is 10.2. The van der Waals surface area contributed by atoms with Gasteiger partial charge in [0.2, 0.25) is 5.91 Å². The molecule has 3 heterocycles. The van der Waals surface area contributed by atoms with E-state index in [-0.39, 0.29) is 23.7 Å². The molecule has 0 saturated carbocycles. The number of furan rings is 1. The van der Waals surface area contributed by atoms with E-state index in [9.17, 15) is 18.0 Å². The molecule has 1 amide bonds. The van der Waals surface area contributed by atoms with Gasteiger partial charge in [-0.15, -0.1) is 0 Å². The van der Waals surface area contributed by atoms with Crippen molar-refractivity contribution in [2.75, 3.05) is 20.3 Å². The van der Waals surface area contributed by atoms with Gasteiger partial charge in [-0.3, -0.25) is 4.79 Å². The van der Waals surface area contributed by atoms with Gasteiger partial charge in [-0.1, -0.05) is 36.4 Å². The number of amides is 1. The van der Waals surface area contributed by atoms with Gasteiger partial charge in [0.15, 0.2) is 0 Å². The minimum atomic E-state index is -4.54.